The molecule has 2 atom stereocenters. The van der Waals surface area contributed by atoms with Crippen molar-refractivity contribution in [3.8, 4) is 0 Å². The third-order valence-corrected chi connectivity index (χ3v) is 3.71. The van der Waals surface area contributed by atoms with Crippen LogP contribution >= 0.6 is 0 Å². The second kappa shape index (κ2) is 5.83. The summed E-state index contributed by atoms with van der Waals surface area (Å²) in [5.41, 5.74) is 0. The monoisotopic (exact) mass is 213 g/mol. The minimum Gasteiger partial charge on any atom is -0.395 e. The van der Waals surface area contributed by atoms with Crippen LogP contribution in [0.1, 0.15) is 38.5 Å². The van der Waals surface area contributed by atoms with E-state index in [0.29, 0.717) is 18.8 Å². The molecular formula is C12H23NO2. The van der Waals surface area contributed by atoms with E-state index in [2.05, 4.69) is 4.90 Å². The van der Waals surface area contributed by atoms with Gasteiger partial charge in [-0.3, -0.25) is 4.90 Å². The molecule has 15 heavy (non-hydrogen) atoms. The molecule has 0 spiro atoms. The van der Waals surface area contributed by atoms with Gasteiger partial charge in [0.15, 0.2) is 0 Å². The van der Waals surface area contributed by atoms with Crippen molar-refractivity contribution < 1.29 is 9.84 Å². The molecule has 2 rings (SSSR count). The van der Waals surface area contributed by atoms with Crippen LogP contribution in [0.15, 0.2) is 0 Å². The van der Waals surface area contributed by atoms with Gasteiger partial charge >= 0.3 is 0 Å². The highest BCUT2D eigenvalue weighted by atomic mass is 16.5. The first kappa shape index (κ1) is 11.4. The van der Waals surface area contributed by atoms with Crippen molar-refractivity contribution >= 4 is 0 Å². The van der Waals surface area contributed by atoms with E-state index < -0.39 is 0 Å². The van der Waals surface area contributed by atoms with Gasteiger partial charge in [-0.05, 0) is 51.6 Å². The van der Waals surface area contributed by atoms with Crippen molar-refractivity contribution in [3.63, 3.8) is 0 Å². The third-order valence-electron chi connectivity index (χ3n) is 3.71. The summed E-state index contributed by atoms with van der Waals surface area (Å²) in [4.78, 5) is 2.44. The summed E-state index contributed by atoms with van der Waals surface area (Å²) in [6, 6.07) is 0.439. The fourth-order valence-corrected chi connectivity index (χ4v) is 2.79. The van der Waals surface area contributed by atoms with Gasteiger partial charge in [-0.25, -0.2) is 0 Å². The third kappa shape index (κ3) is 3.16. The molecule has 1 unspecified atom stereocenters. The van der Waals surface area contributed by atoms with E-state index in [9.17, 15) is 5.11 Å². The number of aliphatic hydroxyl groups excluding tert-OH is 1. The summed E-state index contributed by atoms with van der Waals surface area (Å²) in [6.07, 6.45) is 7.88. The molecule has 0 aromatic heterocycles. The maximum atomic E-state index is 9.18. The topological polar surface area (TPSA) is 32.7 Å². The van der Waals surface area contributed by atoms with Crippen LogP contribution in [-0.4, -0.2) is 48.5 Å². The van der Waals surface area contributed by atoms with Crippen LogP contribution < -0.4 is 0 Å². The molecule has 1 N–H and O–H groups in total. The number of hydrogen-bond acceptors (Lipinski definition) is 3. The van der Waals surface area contributed by atoms with Crippen LogP contribution in [0, 0.1) is 0 Å². The SMILES string of the molecule is OC[C@@H]1CCCN1CCCC1CCCO1. The zero-order valence-electron chi connectivity index (χ0n) is 9.53. The lowest BCUT2D eigenvalue weighted by Crippen LogP contribution is -2.33. The molecule has 0 saturated carbocycles. The number of likely N-dealkylation sites (tertiary alicyclic amines) is 1. The maximum absolute atomic E-state index is 9.18. The molecule has 2 fully saturated rings. The van der Waals surface area contributed by atoms with Crippen molar-refractivity contribution in [2.45, 2.75) is 50.7 Å². The molecule has 0 aromatic carbocycles. The van der Waals surface area contributed by atoms with E-state index in [0.717, 1.165) is 13.2 Å². The molecular weight excluding hydrogens is 190 g/mol. The summed E-state index contributed by atoms with van der Waals surface area (Å²) in [6.45, 7) is 3.62. The van der Waals surface area contributed by atoms with Crippen LogP contribution in [0.3, 0.4) is 0 Å². The molecule has 0 aliphatic carbocycles. The molecule has 2 heterocycles. The molecule has 0 radical (unpaired) electrons. The maximum Gasteiger partial charge on any atom is 0.0586 e. The van der Waals surface area contributed by atoms with Crippen LogP contribution in [0.2, 0.25) is 0 Å². The number of rotatable bonds is 5. The predicted molar refractivity (Wildman–Crippen MR) is 59.9 cm³/mol. The van der Waals surface area contributed by atoms with Gasteiger partial charge in [0, 0.05) is 12.6 Å². The Morgan fingerprint density at radius 3 is 2.93 bits per heavy atom. The van der Waals surface area contributed by atoms with Crippen molar-refractivity contribution in [1.29, 1.82) is 0 Å². The van der Waals surface area contributed by atoms with E-state index >= 15 is 0 Å². The average Bonchev–Trinajstić information content (AvgIpc) is 2.88. The number of hydrogen-bond donors (Lipinski definition) is 1. The van der Waals surface area contributed by atoms with E-state index in [1.165, 1.54) is 45.1 Å². The molecule has 2 aliphatic rings. The lowest BCUT2D eigenvalue weighted by Gasteiger charge is -2.23. The van der Waals surface area contributed by atoms with Gasteiger partial charge in [0.05, 0.1) is 12.7 Å². The van der Waals surface area contributed by atoms with Crippen molar-refractivity contribution in [3.05, 3.63) is 0 Å². The van der Waals surface area contributed by atoms with Crippen LogP contribution in [-0.2, 0) is 4.74 Å². The van der Waals surface area contributed by atoms with Crippen LogP contribution in [0.4, 0.5) is 0 Å². The number of ether oxygens (including phenoxy) is 1. The lowest BCUT2D eigenvalue weighted by molar-refractivity contribution is 0.0951. The van der Waals surface area contributed by atoms with Gasteiger partial charge in [-0.15, -0.1) is 0 Å². The normalized spacial score (nSPS) is 32.6. The van der Waals surface area contributed by atoms with Gasteiger partial charge in [-0.1, -0.05) is 0 Å². The smallest absolute Gasteiger partial charge is 0.0586 e. The summed E-state index contributed by atoms with van der Waals surface area (Å²) in [5.74, 6) is 0. The fourth-order valence-electron chi connectivity index (χ4n) is 2.79. The Morgan fingerprint density at radius 1 is 1.27 bits per heavy atom. The zero-order valence-corrected chi connectivity index (χ0v) is 9.53. The van der Waals surface area contributed by atoms with Crippen LogP contribution in [0.5, 0.6) is 0 Å². The minimum absolute atomic E-state index is 0.333. The van der Waals surface area contributed by atoms with E-state index in [1.807, 2.05) is 0 Å². The average molecular weight is 213 g/mol. The highest BCUT2D eigenvalue weighted by Crippen LogP contribution is 2.20. The van der Waals surface area contributed by atoms with Gasteiger partial charge < -0.3 is 9.84 Å². The Hall–Kier alpha value is -0.120. The molecule has 0 bridgehead atoms. The second-order valence-corrected chi connectivity index (χ2v) is 4.79. The summed E-state index contributed by atoms with van der Waals surface area (Å²) in [7, 11) is 0. The van der Waals surface area contributed by atoms with Gasteiger partial charge in [0.25, 0.3) is 0 Å². The molecule has 3 nitrogen and oxygen atoms in total. The number of aliphatic hydroxyl groups is 1. The minimum atomic E-state index is 0.333. The quantitative estimate of drug-likeness (QED) is 0.749. The molecule has 2 aliphatic heterocycles. The Morgan fingerprint density at radius 2 is 2.20 bits per heavy atom. The molecule has 3 heteroatoms. The Bertz CT molecular complexity index is 180. The van der Waals surface area contributed by atoms with Crippen molar-refractivity contribution in [2.24, 2.45) is 0 Å². The first-order valence-corrected chi connectivity index (χ1v) is 6.36. The Kier molecular flexibility index (Phi) is 4.42. The largest absolute Gasteiger partial charge is 0.395 e. The highest BCUT2D eigenvalue weighted by Gasteiger charge is 2.23. The molecule has 0 aromatic rings. The van der Waals surface area contributed by atoms with E-state index in [1.54, 1.807) is 0 Å². The summed E-state index contributed by atoms with van der Waals surface area (Å²) < 4.78 is 5.60. The Labute approximate surface area is 92.4 Å². The number of nitrogens with zero attached hydrogens (tertiary/aromatic N) is 1. The highest BCUT2D eigenvalue weighted by molar-refractivity contribution is 4.78. The molecule has 2 saturated heterocycles. The van der Waals surface area contributed by atoms with Gasteiger partial charge in [0.1, 0.15) is 0 Å². The van der Waals surface area contributed by atoms with E-state index in [4.69, 9.17) is 4.74 Å². The summed E-state index contributed by atoms with van der Waals surface area (Å²) >= 11 is 0. The first-order chi connectivity index (χ1) is 7.40. The molecule has 0 amide bonds. The van der Waals surface area contributed by atoms with Crippen LogP contribution in [0.25, 0.3) is 0 Å². The van der Waals surface area contributed by atoms with Crippen molar-refractivity contribution in [1.82, 2.24) is 4.90 Å². The standard InChI is InChI=1S/C12H23NO2/c14-10-11-4-1-7-13(11)8-2-5-12-6-3-9-15-12/h11-12,14H,1-10H2/t11-,12?/m0/s1. The zero-order chi connectivity index (χ0) is 10.5. The lowest BCUT2D eigenvalue weighted by atomic mass is 10.1. The van der Waals surface area contributed by atoms with E-state index in [-0.39, 0.29) is 0 Å². The fraction of sp³-hybridized carbons (Fsp3) is 1.00. The molecule has 88 valence electrons. The van der Waals surface area contributed by atoms with Crippen molar-refractivity contribution in [2.75, 3.05) is 26.3 Å². The first-order valence-electron chi connectivity index (χ1n) is 6.36. The summed E-state index contributed by atoms with van der Waals surface area (Å²) in [5, 5.41) is 9.18. The van der Waals surface area contributed by atoms with Gasteiger partial charge in [0.2, 0.25) is 0 Å². The Balaban J connectivity index is 1.60. The van der Waals surface area contributed by atoms with Gasteiger partial charge in [-0.2, -0.15) is 0 Å². The second-order valence-electron chi connectivity index (χ2n) is 4.79. The predicted octanol–water partition coefficient (Wildman–Crippen LogP) is 1.40.